The Morgan fingerprint density at radius 1 is 1.30 bits per heavy atom. The second-order valence-corrected chi connectivity index (χ2v) is 3.60. The highest BCUT2D eigenvalue weighted by Gasteiger charge is 2.05. The molecule has 2 amide bonds. The van der Waals surface area contributed by atoms with Crippen LogP contribution in [0.2, 0.25) is 0 Å². The number of ether oxygens (including phenoxy) is 2. The number of carbonyl (C=O) groups is 2. The minimum Gasteiger partial charge on any atom is -0.434 e. The van der Waals surface area contributed by atoms with Crippen molar-refractivity contribution < 1.29 is 19.1 Å². The Morgan fingerprint density at radius 3 is 2.60 bits per heavy atom. The van der Waals surface area contributed by atoms with Crippen LogP contribution in [0.25, 0.3) is 0 Å². The van der Waals surface area contributed by atoms with E-state index >= 15 is 0 Å². The maximum Gasteiger partial charge on any atom is 0.513 e. The van der Waals surface area contributed by atoms with Crippen molar-refractivity contribution in [3.8, 4) is 11.8 Å². The number of nitrogens with zero attached hydrogens (tertiary/aromatic N) is 1. The Morgan fingerprint density at radius 2 is 2.00 bits per heavy atom. The normalized spacial score (nSPS) is 9.20. The van der Waals surface area contributed by atoms with Crippen LogP contribution in [0, 0.1) is 11.3 Å². The zero-order valence-electron chi connectivity index (χ0n) is 11.0. The lowest BCUT2D eigenvalue weighted by atomic mass is 10.3. The fourth-order valence-corrected chi connectivity index (χ4v) is 1.26. The van der Waals surface area contributed by atoms with Gasteiger partial charge in [-0.2, -0.15) is 5.26 Å². The van der Waals surface area contributed by atoms with Crippen LogP contribution in [0.15, 0.2) is 24.3 Å². The van der Waals surface area contributed by atoms with Gasteiger partial charge in [-0.15, -0.1) is 0 Å². The zero-order chi connectivity index (χ0) is 14.8. The number of anilines is 1. The second-order valence-electron chi connectivity index (χ2n) is 3.60. The molecule has 0 saturated heterocycles. The van der Waals surface area contributed by atoms with Crippen molar-refractivity contribution in [2.75, 3.05) is 18.5 Å². The van der Waals surface area contributed by atoms with Gasteiger partial charge in [-0.3, -0.25) is 0 Å². The molecule has 0 aromatic heterocycles. The molecule has 20 heavy (non-hydrogen) atoms. The van der Waals surface area contributed by atoms with Gasteiger partial charge in [0.25, 0.3) is 0 Å². The van der Waals surface area contributed by atoms with Gasteiger partial charge in [-0.25, -0.2) is 9.59 Å². The van der Waals surface area contributed by atoms with Gasteiger partial charge in [0, 0.05) is 12.2 Å². The van der Waals surface area contributed by atoms with Crippen LogP contribution < -0.4 is 15.4 Å². The van der Waals surface area contributed by atoms with Crippen LogP contribution in [0.4, 0.5) is 15.3 Å². The van der Waals surface area contributed by atoms with E-state index in [2.05, 4.69) is 15.4 Å². The molecule has 1 aromatic rings. The minimum absolute atomic E-state index is 0.237. The Hall–Kier alpha value is -2.75. The summed E-state index contributed by atoms with van der Waals surface area (Å²) >= 11 is 0. The third kappa shape index (κ3) is 5.73. The van der Waals surface area contributed by atoms with Gasteiger partial charge in [0.15, 0.2) is 0 Å². The van der Waals surface area contributed by atoms with Crippen molar-refractivity contribution >= 4 is 17.9 Å². The van der Waals surface area contributed by atoms with Crippen molar-refractivity contribution in [2.45, 2.75) is 13.3 Å². The maximum absolute atomic E-state index is 11.4. The summed E-state index contributed by atoms with van der Waals surface area (Å²) in [5.41, 5.74) is 0.538. The van der Waals surface area contributed by atoms with E-state index in [4.69, 9.17) is 10.00 Å². The van der Waals surface area contributed by atoms with E-state index in [1.807, 2.05) is 6.07 Å². The van der Waals surface area contributed by atoms with E-state index in [1.54, 1.807) is 19.1 Å². The number of benzene rings is 1. The topological polar surface area (TPSA) is 100 Å². The molecule has 0 radical (unpaired) electrons. The molecule has 0 saturated carbocycles. The molecular weight excluding hydrogens is 262 g/mol. The molecule has 2 N–H and O–H groups in total. The molecule has 0 unspecified atom stereocenters. The van der Waals surface area contributed by atoms with Crippen molar-refractivity contribution in [1.29, 1.82) is 5.26 Å². The molecule has 7 nitrogen and oxygen atoms in total. The lowest BCUT2D eigenvalue weighted by Gasteiger charge is -2.07. The summed E-state index contributed by atoms with van der Waals surface area (Å²) in [7, 11) is 0. The first kappa shape index (κ1) is 15.3. The lowest BCUT2D eigenvalue weighted by Crippen LogP contribution is -2.29. The molecule has 0 aliphatic carbocycles. The van der Waals surface area contributed by atoms with Crippen LogP contribution in [-0.4, -0.2) is 25.3 Å². The Balaban J connectivity index is 2.44. The van der Waals surface area contributed by atoms with E-state index in [-0.39, 0.29) is 19.6 Å². The average molecular weight is 277 g/mol. The van der Waals surface area contributed by atoms with Gasteiger partial charge < -0.3 is 20.1 Å². The number of nitriles is 1. The average Bonchev–Trinajstić information content (AvgIpc) is 2.41. The molecule has 1 aromatic carbocycles. The minimum atomic E-state index is -0.776. The number of nitrogens with one attached hydrogen (secondary N) is 2. The van der Waals surface area contributed by atoms with Gasteiger partial charge >= 0.3 is 12.2 Å². The number of urea groups is 1. The highest BCUT2D eigenvalue weighted by molar-refractivity contribution is 5.89. The highest BCUT2D eigenvalue weighted by atomic mass is 16.7. The van der Waals surface area contributed by atoms with Crippen LogP contribution >= 0.6 is 0 Å². The number of amides is 2. The van der Waals surface area contributed by atoms with Gasteiger partial charge in [0.05, 0.1) is 19.1 Å². The SMILES string of the molecule is CCOC(=O)Oc1ccc(NC(=O)NCCC#N)cc1. The summed E-state index contributed by atoms with van der Waals surface area (Å²) in [6.45, 7) is 2.20. The van der Waals surface area contributed by atoms with Crippen molar-refractivity contribution in [1.82, 2.24) is 5.32 Å². The number of rotatable bonds is 5. The predicted molar refractivity (Wildman–Crippen MR) is 71.3 cm³/mol. The summed E-state index contributed by atoms with van der Waals surface area (Å²) in [5.74, 6) is 0.318. The summed E-state index contributed by atoms with van der Waals surface area (Å²) in [6.07, 6.45) is -0.526. The van der Waals surface area contributed by atoms with Crippen LogP contribution in [0.5, 0.6) is 5.75 Å². The largest absolute Gasteiger partial charge is 0.513 e. The molecule has 0 spiro atoms. The van der Waals surface area contributed by atoms with E-state index < -0.39 is 12.2 Å². The standard InChI is InChI=1S/C13H15N3O4/c1-2-19-13(18)20-11-6-4-10(5-7-11)16-12(17)15-9-3-8-14/h4-7H,2-3,9H2,1H3,(H2,15,16,17). The quantitative estimate of drug-likeness (QED) is 0.488. The summed E-state index contributed by atoms with van der Waals surface area (Å²) in [6, 6.07) is 7.74. The number of hydrogen-bond donors (Lipinski definition) is 2. The molecular formula is C13H15N3O4. The highest BCUT2D eigenvalue weighted by Crippen LogP contribution is 2.16. The number of carbonyl (C=O) groups excluding carboxylic acids is 2. The van der Waals surface area contributed by atoms with Crippen molar-refractivity contribution in [3.05, 3.63) is 24.3 Å². The van der Waals surface area contributed by atoms with Gasteiger partial charge in [-0.1, -0.05) is 0 Å². The third-order valence-electron chi connectivity index (χ3n) is 2.10. The first-order valence-electron chi connectivity index (χ1n) is 6.02. The maximum atomic E-state index is 11.4. The molecule has 106 valence electrons. The van der Waals surface area contributed by atoms with E-state index in [1.165, 1.54) is 12.1 Å². The smallest absolute Gasteiger partial charge is 0.434 e. The van der Waals surface area contributed by atoms with Crippen LogP contribution in [0.1, 0.15) is 13.3 Å². The summed E-state index contributed by atoms with van der Waals surface area (Å²) in [4.78, 5) is 22.5. The molecule has 0 atom stereocenters. The zero-order valence-corrected chi connectivity index (χ0v) is 11.0. The van der Waals surface area contributed by atoms with Gasteiger partial charge in [0.2, 0.25) is 0 Å². The molecule has 1 rings (SSSR count). The van der Waals surface area contributed by atoms with E-state index in [0.717, 1.165) is 0 Å². The van der Waals surface area contributed by atoms with Crippen molar-refractivity contribution in [3.63, 3.8) is 0 Å². The fourth-order valence-electron chi connectivity index (χ4n) is 1.26. The van der Waals surface area contributed by atoms with Crippen molar-refractivity contribution in [2.24, 2.45) is 0 Å². The molecule has 7 heteroatoms. The van der Waals surface area contributed by atoms with E-state index in [9.17, 15) is 9.59 Å². The molecule has 0 fully saturated rings. The Bertz CT molecular complexity index is 493. The van der Waals surface area contributed by atoms with Gasteiger partial charge in [-0.05, 0) is 31.2 Å². The molecule has 0 heterocycles. The monoisotopic (exact) mass is 277 g/mol. The Labute approximate surface area is 116 Å². The summed E-state index contributed by atoms with van der Waals surface area (Å²) in [5, 5.41) is 13.4. The fraction of sp³-hybridized carbons (Fsp3) is 0.308. The molecule has 0 bridgehead atoms. The Kier molecular flexibility index (Phi) is 6.41. The lowest BCUT2D eigenvalue weighted by molar-refractivity contribution is 0.104. The van der Waals surface area contributed by atoms with E-state index in [0.29, 0.717) is 11.4 Å². The van der Waals surface area contributed by atoms with Crippen LogP contribution in [0.3, 0.4) is 0 Å². The van der Waals surface area contributed by atoms with Crippen LogP contribution in [-0.2, 0) is 4.74 Å². The van der Waals surface area contributed by atoms with Gasteiger partial charge in [0.1, 0.15) is 5.75 Å². The first-order valence-corrected chi connectivity index (χ1v) is 6.02. The third-order valence-corrected chi connectivity index (χ3v) is 2.10. The first-order chi connectivity index (χ1) is 9.65. The molecule has 0 aliphatic rings. The predicted octanol–water partition coefficient (Wildman–Crippen LogP) is 2.26. The molecule has 0 aliphatic heterocycles. The second kappa shape index (κ2) is 8.37. The number of hydrogen-bond acceptors (Lipinski definition) is 5. The summed E-state index contributed by atoms with van der Waals surface area (Å²) < 4.78 is 9.50.